The summed E-state index contributed by atoms with van der Waals surface area (Å²) in [5, 5.41) is 0.560. The lowest BCUT2D eigenvalue weighted by Crippen LogP contribution is -2.40. The first-order valence-electron chi connectivity index (χ1n) is 14.1. The number of carbonyl (C=O) groups is 1. The second kappa shape index (κ2) is 11.7. The number of thiazole rings is 1. The summed E-state index contributed by atoms with van der Waals surface area (Å²) in [6.07, 6.45) is 1.92. The molecule has 5 aromatic rings. The van der Waals surface area contributed by atoms with E-state index in [9.17, 15) is 9.59 Å². The third kappa shape index (κ3) is 5.31. The Morgan fingerprint density at radius 3 is 2.37 bits per heavy atom. The zero-order valence-corrected chi connectivity index (χ0v) is 25.9. The van der Waals surface area contributed by atoms with Crippen LogP contribution in [-0.2, 0) is 9.53 Å². The monoisotopic (exact) mass is 607 g/mol. The molecule has 1 aliphatic rings. The second-order valence-electron chi connectivity index (χ2n) is 10.5. The highest BCUT2D eigenvalue weighted by Gasteiger charge is 2.35. The molecule has 0 saturated heterocycles. The van der Waals surface area contributed by atoms with Crippen LogP contribution in [0.15, 0.2) is 100 Å². The first-order chi connectivity index (χ1) is 20.8. The highest BCUT2D eigenvalue weighted by Crippen LogP contribution is 2.35. The van der Waals surface area contributed by atoms with E-state index in [1.54, 1.807) is 23.6 Å². The Morgan fingerprint density at radius 1 is 1.00 bits per heavy atom. The van der Waals surface area contributed by atoms with E-state index in [0.29, 0.717) is 25.6 Å². The van der Waals surface area contributed by atoms with Crippen molar-refractivity contribution in [3.05, 3.63) is 149 Å². The van der Waals surface area contributed by atoms with Crippen LogP contribution < -0.4 is 14.9 Å². The number of esters is 1. The summed E-state index contributed by atoms with van der Waals surface area (Å²) < 4.78 is 9.86. The van der Waals surface area contributed by atoms with E-state index < -0.39 is 12.0 Å². The lowest BCUT2D eigenvalue weighted by Gasteiger charge is -2.25. The van der Waals surface area contributed by atoms with Gasteiger partial charge in [0.15, 0.2) is 4.80 Å². The molecule has 8 heteroatoms. The number of aromatic nitrogens is 2. The van der Waals surface area contributed by atoms with Crippen molar-refractivity contribution in [3.63, 3.8) is 0 Å². The minimum atomic E-state index is -0.745. The van der Waals surface area contributed by atoms with Gasteiger partial charge in [0.2, 0.25) is 0 Å². The van der Waals surface area contributed by atoms with Gasteiger partial charge in [-0.1, -0.05) is 83.1 Å². The van der Waals surface area contributed by atoms with Gasteiger partial charge in [-0.2, -0.15) is 0 Å². The van der Waals surface area contributed by atoms with E-state index >= 15 is 0 Å². The van der Waals surface area contributed by atoms with Gasteiger partial charge >= 0.3 is 5.97 Å². The Bertz CT molecular complexity index is 2050. The maximum absolute atomic E-state index is 14.2. The molecule has 6 rings (SSSR count). The molecule has 0 spiro atoms. The summed E-state index contributed by atoms with van der Waals surface area (Å²) in [4.78, 5) is 33.3. The lowest BCUT2D eigenvalue weighted by molar-refractivity contribution is -0.138. The minimum absolute atomic E-state index is 0.193. The molecular formula is C35H30ClN3O3S. The Labute approximate surface area is 258 Å². The molecule has 2 aromatic heterocycles. The Balaban J connectivity index is 1.59. The van der Waals surface area contributed by atoms with Crippen LogP contribution in [0.4, 0.5) is 0 Å². The smallest absolute Gasteiger partial charge is 0.338 e. The topological polar surface area (TPSA) is 65.6 Å². The molecular weight excluding hydrogens is 578 g/mol. The number of benzene rings is 3. The van der Waals surface area contributed by atoms with Crippen molar-refractivity contribution < 1.29 is 9.53 Å². The maximum atomic E-state index is 14.2. The molecule has 216 valence electrons. The summed E-state index contributed by atoms with van der Waals surface area (Å²) in [6, 6.07) is 26.5. The largest absolute Gasteiger partial charge is 0.463 e. The normalized spacial score (nSPS) is 14.9. The van der Waals surface area contributed by atoms with Gasteiger partial charge in [0, 0.05) is 27.7 Å². The Hall–Kier alpha value is -4.46. The van der Waals surface area contributed by atoms with Crippen LogP contribution in [0.5, 0.6) is 0 Å². The minimum Gasteiger partial charge on any atom is -0.463 e. The molecule has 0 N–H and O–H groups in total. The SMILES string of the molecule is CCOC(=O)C1=C(c2ccccc2)N=c2s/c(=C\c3cc(C)n(-c4ccc(C)cc4)c3C)c(=O)n2[C@H]1c1ccc(Cl)cc1. The molecule has 1 atom stereocenters. The fourth-order valence-corrected chi connectivity index (χ4v) is 6.68. The van der Waals surface area contributed by atoms with Gasteiger partial charge in [-0.3, -0.25) is 9.36 Å². The molecule has 0 amide bonds. The summed E-state index contributed by atoms with van der Waals surface area (Å²) in [5.74, 6) is -0.513. The molecule has 0 saturated carbocycles. The van der Waals surface area contributed by atoms with Crippen molar-refractivity contribution in [2.24, 2.45) is 4.99 Å². The first kappa shape index (κ1) is 28.6. The van der Waals surface area contributed by atoms with E-state index in [1.807, 2.05) is 48.5 Å². The molecule has 1 aliphatic heterocycles. The number of nitrogens with zero attached hydrogens (tertiary/aromatic N) is 3. The van der Waals surface area contributed by atoms with E-state index in [-0.39, 0.29) is 12.2 Å². The fraction of sp³-hybridized carbons (Fsp3) is 0.171. The highest BCUT2D eigenvalue weighted by atomic mass is 35.5. The molecule has 43 heavy (non-hydrogen) atoms. The highest BCUT2D eigenvalue weighted by molar-refractivity contribution is 7.07. The van der Waals surface area contributed by atoms with Crippen molar-refractivity contribution in [1.82, 2.24) is 9.13 Å². The van der Waals surface area contributed by atoms with Crippen LogP contribution >= 0.6 is 22.9 Å². The van der Waals surface area contributed by atoms with E-state index in [0.717, 1.165) is 33.8 Å². The number of hydrogen-bond donors (Lipinski definition) is 0. The summed E-state index contributed by atoms with van der Waals surface area (Å²) in [6.45, 7) is 8.14. The van der Waals surface area contributed by atoms with Gasteiger partial charge < -0.3 is 9.30 Å². The summed E-state index contributed by atoms with van der Waals surface area (Å²) >= 11 is 7.55. The average molecular weight is 608 g/mol. The number of rotatable bonds is 6. The van der Waals surface area contributed by atoms with Crippen LogP contribution in [0.25, 0.3) is 17.5 Å². The quantitative estimate of drug-likeness (QED) is 0.213. The van der Waals surface area contributed by atoms with Gasteiger partial charge in [0.25, 0.3) is 5.56 Å². The average Bonchev–Trinajstić information content (AvgIpc) is 3.47. The number of halogens is 1. The van der Waals surface area contributed by atoms with Gasteiger partial charge in [0.05, 0.1) is 28.5 Å². The van der Waals surface area contributed by atoms with Gasteiger partial charge in [-0.15, -0.1) is 0 Å². The molecule has 6 nitrogen and oxygen atoms in total. The van der Waals surface area contributed by atoms with Crippen LogP contribution in [0, 0.1) is 20.8 Å². The van der Waals surface area contributed by atoms with Gasteiger partial charge in [-0.05, 0) is 75.2 Å². The van der Waals surface area contributed by atoms with Crippen molar-refractivity contribution in [2.45, 2.75) is 33.7 Å². The predicted octanol–water partition coefficient (Wildman–Crippen LogP) is 6.30. The first-order valence-corrected chi connectivity index (χ1v) is 15.3. The lowest BCUT2D eigenvalue weighted by atomic mass is 9.93. The van der Waals surface area contributed by atoms with E-state index in [1.165, 1.54) is 16.9 Å². The van der Waals surface area contributed by atoms with E-state index in [2.05, 4.69) is 55.7 Å². The molecule has 0 unspecified atom stereocenters. The number of carbonyl (C=O) groups excluding carboxylic acids is 1. The Kier molecular flexibility index (Phi) is 7.77. The van der Waals surface area contributed by atoms with Gasteiger partial charge in [0.1, 0.15) is 0 Å². The van der Waals surface area contributed by atoms with Crippen LogP contribution in [0.2, 0.25) is 5.02 Å². The molecule has 0 radical (unpaired) electrons. The Morgan fingerprint density at radius 2 is 1.70 bits per heavy atom. The summed E-state index contributed by atoms with van der Waals surface area (Å²) in [5.41, 5.74) is 7.38. The molecule has 3 heterocycles. The predicted molar refractivity (Wildman–Crippen MR) is 172 cm³/mol. The van der Waals surface area contributed by atoms with Crippen LogP contribution in [0.1, 0.15) is 46.6 Å². The van der Waals surface area contributed by atoms with Crippen LogP contribution in [-0.4, -0.2) is 21.7 Å². The van der Waals surface area contributed by atoms with Crippen molar-refractivity contribution in [1.29, 1.82) is 0 Å². The molecule has 0 bridgehead atoms. The number of fused-ring (bicyclic) bond motifs is 1. The standard InChI is InChI=1S/C35H30ClN3O3S/c1-5-42-34(41)30-31(24-9-7-6-8-10-24)37-35-39(32(30)25-13-15-27(36)16-14-25)33(40)29(43-35)20-26-19-22(3)38(23(26)4)28-17-11-21(2)12-18-28/h6-20,32H,5H2,1-4H3/b29-20-/t32-/m0/s1. The zero-order chi connectivity index (χ0) is 30.2. The number of ether oxygens (including phenoxy) is 1. The molecule has 0 aliphatic carbocycles. The van der Waals surface area contributed by atoms with Crippen LogP contribution in [0.3, 0.4) is 0 Å². The third-order valence-electron chi connectivity index (χ3n) is 7.61. The van der Waals surface area contributed by atoms with Crippen molar-refractivity contribution in [2.75, 3.05) is 6.61 Å². The fourth-order valence-electron chi connectivity index (χ4n) is 5.57. The molecule has 3 aromatic carbocycles. The molecule has 0 fully saturated rings. The van der Waals surface area contributed by atoms with Crippen molar-refractivity contribution in [3.8, 4) is 5.69 Å². The van der Waals surface area contributed by atoms with E-state index in [4.69, 9.17) is 21.3 Å². The number of hydrogen-bond acceptors (Lipinski definition) is 5. The summed E-state index contributed by atoms with van der Waals surface area (Å²) in [7, 11) is 0. The second-order valence-corrected chi connectivity index (χ2v) is 11.9. The van der Waals surface area contributed by atoms with Gasteiger partial charge in [-0.25, -0.2) is 9.79 Å². The third-order valence-corrected chi connectivity index (χ3v) is 8.84. The van der Waals surface area contributed by atoms with Crippen molar-refractivity contribution >= 4 is 40.7 Å². The zero-order valence-electron chi connectivity index (χ0n) is 24.3. The number of aryl methyl sites for hydroxylation is 2. The maximum Gasteiger partial charge on any atom is 0.338 e.